The van der Waals surface area contributed by atoms with Crippen molar-refractivity contribution in [3.8, 4) is 5.75 Å². The molecule has 100 valence electrons. The van der Waals surface area contributed by atoms with Gasteiger partial charge in [0.15, 0.2) is 0 Å². The fourth-order valence-electron chi connectivity index (χ4n) is 1.45. The molecule has 0 aliphatic heterocycles. The molecule has 0 saturated carbocycles. The third-order valence-electron chi connectivity index (χ3n) is 2.48. The monoisotopic (exact) mass is 297 g/mol. The van der Waals surface area contributed by atoms with E-state index in [4.69, 9.17) is 21.5 Å². The molecule has 0 saturated heterocycles. The summed E-state index contributed by atoms with van der Waals surface area (Å²) in [5.41, 5.74) is 6.78. The number of hydrogen-bond donors (Lipinski definition) is 1. The second-order valence-electron chi connectivity index (χ2n) is 4.03. The molecule has 4 nitrogen and oxygen atoms in total. The van der Waals surface area contributed by atoms with Gasteiger partial charge in [-0.2, -0.15) is 8.42 Å². The summed E-state index contributed by atoms with van der Waals surface area (Å²) in [6.07, 6.45) is 0. The van der Waals surface area contributed by atoms with Crippen LogP contribution in [0.5, 0.6) is 5.75 Å². The molecule has 2 N–H and O–H groups in total. The fourth-order valence-corrected chi connectivity index (χ4v) is 2.53. The van der Waals surface area contributed by atoms with E-state index in [0.29, 0.717) is 5.02 Å². The highest BCUT2D eigenvalue weighted by Gasteiger charge is 2.17. The summed E-state index contributed by atoms with van der Waals surface area (Å²) >= 11 is 5.75. The Balaban J connectivity index is 2.32. The minimum Gasteiger partial charge on any atom is -0.397 e. The lowest BCUT2D eigenvalue weighted by atomic mass is 10.2. The number of benzene rings is 2. The van der Waals surface area contributed by atoms with E-state index in [1.807, 2.05) is 6.92 Å². The molecule has 0 heterocycles. The Labute approximate surface area is 116 Å². The molecule has 2 aromatic rings. The molecule has 0 radical (unpaired) electrons. The lowest BCUT2D eigenvalue weighted by Gasteiger charge is -2.08. The third-order valence-corrected chi connectivity index (χ3v) is 4.07. The van der Waals surface area contributed by atoms with Gasteiger partial charge in [0.05, 0.1) is 10.7 Å². The van der Waals surface area contributed by atoms with Crippen molar-refractivity contribution in [2.75, 3.05) is 5.73 Å². The van der Waals surface area contributed by atoms with Gasteiger partial charge in [0.2, 0.25) is 0 Å². The highest BCUT2D eigenvalue weighted by Crippen LogP contribution is 2.24. The Morgan fingerprint density at radius 2 is 1.74 bits per heavy atom. The predicted molar refractivity (Wildman–Crippen MR) is 74.9 cm³/mol. The Morgan fingerprint density at radius 1 is 1.11 bits per heavy atom. The van der Waals surface area contributed by atoms with Crippen LogP contribution in [0.25, 0.3) is 0 Å². The first kappa shape index (κ1) is 13.7. The van der Waals surface area contributed by atoms with Gasteiger partial charge in [-0.1, -0.05) is 29.3 Å². The molecule has 6 heteroatoms. The van der Waals surface area contributed by atoms with E-state index < -0.39 is 10.1 Å². The zero-order chi connectivity index (χ0) is 14.0. The third kappa shape index (κ3) is 3.19. The number of aryl methyl sites for hydroxylation is 1. The van der Waals surface area contributed by atoms with Crippen molar-refractivity contribution in [3.05, 3.63) is 53.1 Å². The van der Waals surface area contributed by atoms with Gasteiger partial charge < -0.3 is 9.92 Å². The summed E-state index contributed by atoms with van der Waals surface area (Å²) < 4.78 is 29.1. The molecule has 0 amide bonds. The van der Waals surface area contributed by atoms with E-state index in [0.717, 1.165) is 5.56 Å². The number of nitrogens with two attached hydrogens (primary N) is 1. The first-order valence-electron chi connectivity index (χ1n) is 5.45. The highest BCUT2D eigenvalue weighted by atomic mass is 35.5. The smallest absolute Gasteiger partial charge is 0.339 e. The highest BCUT2D eigenvalue weighted by molar-refractivity contribution is 7.87. The summed E-state index contributed by atoms with van der Waals surface area (Å²) in [6.45, 7) is 1.90. The minimum atomic E-state index is -3.90. The van der Waals surface area contributed by atoms with Crippen LogP contribution in [-0.4, -0.2) is 8.42 Å². The van der Waals surface area contributed by atoms with Crippen LogP contribution in [0.1, 0.15) is 5.56 Å². The van der Waals surface area contributed by atoms with Crippen LogP contribution in [0.2, 0.25) is 5.02 Å². The molecule has 0 aromatic heterocycles. The van der Waals surface area contributed by atoms with E-state index >= 15 is 0 Å². The van der Waals surface area contributed by atoms with Crippen molar-refractivity contribution in [1.29, 1.82) is 0 Å². The Morgan fingerprint density at radius 3 is 2.32 bits per heavy atom. The van der Waals surface area contributed by atoms with Gasteiger partial charge in [-0.05, 0) is 37.3 Å². The maximum Gasteiger partial charge on any atom is 0.339 e. The van der Waals surface area contributed by atoms with Gasteiger partial charge in [-0.3, -0.25) is 0 Å². The molecular weight excluding hydrogens is 286 g/mol. The maximum absolute atomic E-state index is 12.0. The fraction of sp³-hybridized carbons (Fsp3) is 0.0769. The van der Waals surface area contributed by atoms with E-state index in [1.54, 1.807) is 24.3 Å². The van der Waals surface area contributed by atoms with Crippen LogP contribution in [0.4, 0.5) is 5.69 Å². The van der Waals surface area contributed by atoms with Crippen molar-refractivity contribution in [3.63, 3.8) is 0 Å². The van der Waals surface area contributed by atoms with Crippen LogP contribution >= 0.6 is 11.6 Å². The second-order valence-corrected chi connectivity index (χ2v) is 5.99. The molecule has 0 aliphatic carbocycles. The molecule has 2 aromatic carbocycles. The number of rotatable bonds is 3. The molecule has 0 atom stereocenters. The number of nitrogen functional groups attached to an aromatic ring is 1. The standard InChI is InChI=1S/C13H12ClNO3S/c1-9-2-4-10(5-3-9)18-19(16,17)11-6-7-12(14)13(15)8-11/h2-8H,15H2,1H3. The maximum atomic E-state index is 12.0. The summed E-state index contributed by atoms with van der Waals surface area (Å²) in [7, 11) is -3.90. The van der Waals surface area contributed by atoms with E-state index in [1.165, 1.54) is 18.2 Å². The zero-order valence-electron chi connectivity index (χ0n) is 10.1. The lowest BCUT2D eigenvalue weighted by Crippen LogP contribution is -2.10. The summed E-state index contributed by atoms with van der Waals surface area (Å²) in [6, 6.07) is 10.7. The largest absolute Gasteiger partial charge is 0.397 e. The Hall–Kier alpha value is -1.72. The van der Waals surface area contributed by atoms with Crippen molar-refractivity contribution in [1.82, 2.24) is 0 Å². The van der Waals surface area contributed by atoms with E-state index in [-0.39, 0.29) is 16.3 Å². The summed E-state index contributed by atoms with van der Waals surface area (Å²) in [5.74, 6) is 0.249. The molecule has 0 unspecified atom stereocenters. The van der Waals surface area contributed by atoms with Gasteiger partial charge in [0.1, 0.15) is 10.6 Å². The van der Waals surface area contributed by atoms with Crippen molar-refractivity contribution in [2.45, 2.75) is 11.8 Å². The van der Waals surface area contributed by atoms with Gasteiger partial charge in [-0.25, -0.2) is 0 Å². The molecule has 0 spiro atoms. The molecule has 0 fully saturated rings. The first-order chi connectivity index (χ1) is 8.88. The topological polar surface area (TPSA) is 69.4 Å². The lowest BCUT2D eigenvalue weighted by molar-refractivity contribution is 0.486. The molecule has 0 aliphatic rings. The molecule has 2 rings (SSSR count). The van der Waals surface area contributed by atoms with Crippen LogP contribution in [-0.2, 0) is 10.1 Å². The number of halogens is 1. The molecule has 19 heavy (non-hydrogen) atoms. The Kier molecular flexibility index (Phi) is 3.68. The SMILES string of the molecule is Cc1ccc(OS(=O)(=O)c2ccc(Cl)c(N)c2)cc1. The first-order valence-corrected chi connectivity index (χ1v) is 7.23. The predicted octanol–water partition coefficient (Wildman–Crippen LogP) is 3.00. The van der Waals surface area contributed by atoms with Crippen molar-refractivity contribution >= 4 is 27.4 Å². The molecule has 0 bridgehead atoms. The van der Waals surface area contributed by atoms with Crippen LogP contribution in [0.3, 0.4) is 0 Å². The normalized spacial score (nSPS) is 11.3. The van der Waals surface area contributed by atoms with Gasteiger partial charge >= 0.3 is 10.1 Å². The number of anilines is 1. The van der Waals surface area contributed by atoms with Crippen LogP contribution in [0, 0.1) is 6.92 Å². The second kappa shape index (κ2) is 5.11. The summed E-state index contributed by atoms with van der Waals surface area (Å²) in [4.78, 5) is -0.0324. The Bertz CT molecular complexity index is 696. The van der Waals surface area contributed by atoms with Crippen molar-refractivity contribution < 1.29 is 12.6 Å². The van der Waals surface area contributed by atoms with Gasteiger partial charge in [-0.15, -0.1) is 0 Å². The summed E-state index contributed by atoms with van der Waals surface area (Å²) in [5, 5.41) is 0.300. The van der Waals surface area contributed by atoms with E-state index in [2.05, 4.69) is 0 Å². The van der Waals surface area contributed by atoms with Crippen LogP contribution < -0.4 is 9.92 Å². The molecular formula is C13H12ClNO3S. The van der Waals surface area contributed by atoms with Gasteiger partial charge in [0.25, 0.3) is 0 Å². The van der Waals surface area contributed by atoms with Gasteiger partial charge in [0, 0.05) is 0 Å². The van der Waals surface area contributed by atoms with E-state index in [9.17, 15) is 8.42 Å². The van der Waals surface area contributed by atoms with Crippen LogP contribution in [0.15, 0.2) is 47.4 Å². The average molecular weight is 298 g/mol. The minimum absolute atomic E-state index is 0.0324. The zero-order valence-corrected chi connectivity index (χ0v) is 11.7. The quantitative estimate of drug-likeness (QED) is 0.698. The van der Waals surface area contributed by atoms with Crippen molar-refractivity contribution in [2.24, 2.45) is 0 Å². The number of hydrogen-bond acceptors (Lipinski definition) is 4. The average Bonchev–Trinajstić information content (AvgIpc) is 2.35.